The lowest BCUT2D eigenvalue weighted by atomic mass is 9.78. The van der Waals surface area contributed by atoms with Crippen molar-refractivity contribution in [1.29, 1.82) is 0 Å². The van der Waals surface area contributed by atoms with Gasteiger partial charge < -0.3 is 10.6 Å². The fourth-order valence-electron chi connectivity index (χ4n) is 3.52. The Morgan fingerprint density at radius 3 is 2.48 bits per heavy atom. The Labute approximate surface area is 135 Å². The molecule has 3 rings (SSSR count). The number of amides is 1. The van der Waals surface area contributed by atoms with Gasteiger partial charge in [0.05, 0.1) is 10.1 Å². The molecule has 1 amide bonds. The first-order valence-electron chi connectivity index (χ1n) is 7.26. The molecule has 0 aliphatic carbocycles. The maximum atomic E-state index is 12.6. The summed E-state index contributed by atoms with van der Waals surface area (Å²) in [4.78, 5) is 14.2. The van der Waals surface area contributed by atoms with E-state index in [0.717, 1.165) is 5.56 Å². The molecule has 3 nitrogen and oxygen atoms in total. The average Bonchev–Trinajstić information content (AvgIpc) is 2.75. The first kappa shape index (κ1) is 15.3. The van der Waals surface area contributed by atoms with Crippen LogP contribution in [-0.4, -0.2) is 33.2 Å². The summed E-state index contributed by atoms with van der Waals surface area (Å²) < 4.78 is 0.329. The molecule has 2 N–H and O–H groups in total. The van der Waals surface area contributed by atoms with E-state index in [-0.39, 0.29) is 11.4 Å². The van der Waals surface area contributed by atoms with Crippen molar-refractivity contribution in [1.82, 2.24) is 4.90 Å². The number of hydrogen-bond donors (Lipinski definition) is 1. The van der Waals surface area contributed by atoms with Crippen LogP contribution in [0, 0.1) is 5.92 Å². The second kappa shape index (κ2) is 4.93. The third-order valence-corrected chi connectivity index (χ3v) is 8.55. The number of carbonyl (C=O) groups is 1. The molecular formula is C16H22N2OS2. The zero-order valence-electron chi connectivity index (χ0n) is 12.9. The highest BCUT2D eigenvalue weighted by Crippen LogP contribution is 2.66. The number of fused-ring (bicyclic) bond motifs is 1. The minimum atomic E-state index is -0.444. The maximum absolute atomic E-state index is 12.6. The van der Waals surface area contributed by atoms with Crippen LogP contribution in [0.3, 0.4) is 0 Å². The molecule has 2 heterocycles. The fraction of sp³-hybridized carbons (Fsp3) is 0.562. The lowest BCUT2D eigenvalue weighted by molar-refractivity contribution is -0.164. The minimum Gasteiger partial charge on any atom is -0.317 e. The van der Waals surface area contributed by atoms with Crippen molar-refractivity contribution in [2.75, 3.05) is 6.26 Å². The van der Waals surface area contributed by atoms with Crippen LogP contribution >= 0.6 is 23.5 Å². The van der Waals surface area contributed by atoms with Crippen LogP contribution in [0.2, 0.25) is 0 Å². The van der Waals surface area contributed by atoms with Crippen molar-refractivity contribution in [3.8, 4) is 0 Å². The summed E-state index contributed by atoms with van der Waals surface area (Å²) in [6, 6.07) is 9.80. The normalized spacial score (nSPS) is 38.6. The number of hydrogen-bond acceptors (Lipinski definition) is 4. The zero-order valence-corrected chi connectivity index (χ0v) is 14.5. The summed E-state index contributed by atoms with van der Waals surface area (Å²) in [5.74, 6) is 0.462. The van der Waals surface area contributed by atoms with E-state index in [0.29, 0.717) is 10.5 Å². The predicted molar refractivity (Wildman–Crippen MR) is 91.1 cm³/mol. The monoisotopic (exact) mass is 322 g/mol. The Morgan fingerprint density at radius 1 is 1.33 bits per heavy atom. The van der Waals surface area contributed by atoms with Crippen LogP contribution in [0.25, 0.3) is 0 Å². The standard InChI is InChI=1S/C16H22N2OS2/c1-10(2)15(3)14(20-4)21-16(11-8-6-5-7-9-11)12(17)13(19)18(15)16/h5-10,12,14H,17H2,1-4H3/t12-,14+,15-,16+/m0/s1. The summed E-state index contributed by atoms with van der Waals surface area (Å²) in [6.07, 6.45) is 2.12. The molecule has 0 aromatic heterocycles. The molecule has 2 aliphatic rings. The molecule has 0 spiro atoms. The van der Waals surface area contributed by atoms with Crippen LogP contribution < -0.4 is 5.73 Å². The Kier molecular flexibility index (Phi) is 3.58. The van der Waals surface area contributed by atoms with E-state index < -0.39 is 10.9 Å². The first-order valence-corrected chi connectivity index (χ1v) is 9.43. The van der Waals surface area contributed by atoms with Gasteiger partial charge in [-0.25, -0.2) is 0 Å². The van der Waals surface area contributed by atoms with E-state index in [9.17, 15) is 4.79 Å². The molecule has 5 heteroatoms. The summed E-state index contributed by atoms with van der Waals surface area (Å²) >= 11 is 3.68. The molecule has 0 unspecified atom stereocenters. The maximum Gasteiger partial charge on any atom is 0.245 e. The average molecular weight is 322 g/mol. The molecule has 2 aliphatic heterocycles. The van der Waals surface area contributed by atoms with Crippen LogP contribution in [0.4, 0.5) is 0 Å². The molecule has 1 aromatic carbocycles. The van der Waals surface area contributed by atoms with Crippen molar-refractivity contribution in [3.05, 3.63) is 35.9 Å². The van der Waals surface area contributed by atoms with E-state index >= 15 is 0 Å². The van der Waals surface area contributed by atoms with Crippen molar-refractivity contribution in [3.63, 3.8) is 0 Å². The lowest BCUT2D eigenvalue weighted by Gasteiger charge is -2.57. The second-order valence-electron chi connectivity index (χ2n) is 6.28. The lowest BCUT2D eigenvalue weighted by Crippen LogP contribution is -2.76. The third-order valence-electron chi connectivity index (χ3n) is 5.06. The molecular weight excluding hydrogens is 300 g/mol. The first-order chi connectivity index (χ1) is 9.90. The van der Waals surface area contributed by atoms with Crippen molar-refractivity contribution < 1.29 is 4.79 Å². The number of nitrogens with two attached hydrogens (primary N) is 1. The molecule has 2 fully saturated rings. The van der Waals surface area contributed by atoms with Gasteiger partial charge >= 0.3 is 0 Å². The van der Waals surface area contributed by atoms with E-state index in [1.807, 2.05) is 41.7 Å². The molecule has 0 bridgehead atoms. The summed E-state index contributed by atoms with van der Waals surface area (Å²) in [5, 5.41) is 0. The number of rotatable bonds is 3. The van der Waals surface area contributed by atoms with Gasteiger partial charge in [-0.3, -0.25) is 4.79 Å². The Bertz CT molecular complexity index is 565. The Hall–Kier alpha value is -0.650. The van der Waals surface area contributed by atoms with Crippen molar-refractivity contribution in [2.24, 2.45) is 11.7 Å². The Morgan fingerprint density at radius 2 is 1.95 bits per heavy atom. The van der Waals surface area contributed by atoms with Gasteiger partial charge in [0.2, 0.25) is 5.91 Å². The van der Waals surface area contributed by atoms with E-state index in [1.54, 1.807) is 0 Å². The van der Waals surface area contributed by atoms with Crippen LogP contribution in [0.5, 0.6) is 0 Å². The highest BCUT2D eigenvalue weighted by molar-refractivity contribution is 8.17. The predicted octanol–water partition coefficient (Wildman–Crippen LogP) is 2.86. The zero-order chi connectivity index (χ0) is 15.4. The van der Waals surface area contributed by atoms with Crippen LogP contribution in [-0.2, 0) is 9.67 Å². The molecule has 21 heavy (non-hydrogen) atoms. The van der Waals surface area contributed by atoms with Gasteiger partial charge in [-0.1, -0.05) is 44.2 Å². The highest BCUT2D eigenvalue weighted by Gasteiger charge is 2.73. The van der Waals surface area contributed by atoms with E-state index in [1.165, 1.54) is 0 Å². The highest BCUT2D eigenvalue weighted by atomic mass is 32.2. The Balaban J connectivity index is 2.15. The number of β-lactam (4-membered cyclic amide) rings is 1. The van der Waals surface area contributed by atoms with Gasteiger partial charge in [-0.15, -0.1) is 23.5 Å². The van der Waals surface area contributed by atoms with E-state index in [2.05, 4.69) is 44.1 Å². The number of thioether (sulfide) groups is 2. The fourth-order valence-corrected chi connectivity index (χ4v) is 7.06. The smallest absolute Gasteiger partial charge is 0.245 e. The minimum absolute atomic E-state index is 0.0825. The largest absolute Gasteiger partial charge is 0.317 e. The third kappa shape index (κ3) is 1.71. The number of benzene rings is 1. The van der Waals surface area contributed by atoms with Crippen LogP contribution in [0.1, 0.15) is 26.3 Å². The van der Waals surface area contributed by atoms with Crippen LogP contribution in [0.15, 0.2) is 30.3 Å². The molecule has 114 valence electrons. The van der Waals surface area contributed by atoms with Gasteiger partial charge in [0.15, 0.2) is 0 Å². The molecule has 2 saturated heterocycles. The molecule has 0 radical (unpaired) electrons. The summed E-state index contributed by atoms with van der Waals surface area (Å²) in [7, 11) is 0. The van der Waals surface area contributed by atoms with Gasteiger partial charge in [-0.2, -0.15) is 0 Å². The SMILES string of the molecule is CS[C@@H]1S[C@]2(c3ccccc3)[C@@H](N)C(=O)N2[C@@]1(C)C(C)C. The molecule has 0 saturated carbocycles. The number of carbonyl (C=O) groups excluding carboxylic acids is 1. The van der Waals surface area contributed by atoms with Gasteiger partial charge in [0.25, 0.3) is 0 Å². The van der Waals surface area contributed by atoms with Gasteiger partial charge in [-0.05, 0) is 24.7 Å². The van der Waals surface area contributed by atoms with Gasteiger partial charge in [0.1, 0.15) is 10.9 Å². The summed E-state index contributed by atoms with van der Waals surface area (Å²) in [6.45, 7) is 6.60. The van der Waals surface area contributed by atoms with Gasteiger partial charge in [0, 0.05) is 0 Å². The van der Waals surface area contributed by atoms with Crippen molar-refractivity contribution >= 4 is 29.4 Å². The molecule has 1 aromatic rings. The quantitative estimate of drug-likeness (QED) is 0.869. The summed E-state index contributed by atoms with van der Waals surface area (Å²) in [5.41, 5.74) is 7.26. The second-order valence-corrected chi connectivity index (χ2v) is 8.85. The van der Waals surface area contributed by atoms with E-state index in [4.69, 9.17) is 5.73 Å². The van der Waals surface area contributed by atoms with Crippen molar-refractivity contribution in [2.45, 2.75) is 41.8 Å². The topological polar surface area (TPSA) is 46.3 Å². The molecule has 4 atom stereocenters. The number of nitrogens with zero attached hydrogens (tertiary/aromatic N) is 1.